The first kappa shape index (κ1) is 17.2. The van der Waals surface area contributed by atoms with E-state index in [2.05, 4.69) is 15.9 Å². The highest BCUT2D eigenvalue weighted by molar-refractivity contribution is 9.10. The van der Waals surface area contributed by atoms with Gasteiger partial charge in [-0.25, -0.2) is 17.2 Å². The van der Waals surface area contributed by atoms with E-state index in [1.54, 1.807) is 5.32 Å². The Morgan fingerprint density at radius 1 is 1.35 bits per heavy atom. The van der Waals surface area contributed by atoms with E-state index in [1.165, 1.54) is 0 Å². The van der Waals surface area contributed by atoms with Gasteiger partial charge in [0, 0.05) is 20.8 Å². The van der Waals surface area contributed by atoms with Crippen molar-refractivity contribution >= 4 is 47.3 Å². The second kappa shape index (κ2) is 5.86. The molecule has 0 fully saturated rings. The second-order valence-corrected chi connectivity index (χ2v) is 6.85. The Bertz CT molecular complexity index is 638. The van der Waals surface area contributed by atoms with E-state index < -0.39 is 27.3 Å². The van der Waals surface area contributed by atoms with E-state index >= 15 is 0 Å². The molecule has 1 aromatic rings. The van der Waals surface area contributed by atoms with Gasteiger partial charge in [0.25, 0.3) is 9.05 Å². The summed E-state index contributed by atoms with van der Waals surface area (Å²) >= 11 is 2.80. The lowest BCUT2D eigenvalue weighted by Crippen LogP contribution is -2.40. The second-order valence-electron chi connectivity index (χ2n) is 3.46. The van der Waals surface area contributed by atoms with Crippen molar-refractivity contribution < 1.29 is 30.8 Å². The molecule has 0 atom stereocenters. The van der Waals surface area contributed by atoms with Gasteiger partial charge in [-0.15, -0.1) is 0 Å². The van der Waals surface area contributed by atoms with Crippen LogP contribution in [0.4, 0.5) is 23.2 Å². The molecule has 0 aliphatic carbocycles. The molecule has 0 unspecified atom stereocenters. The highest BCUT2D eigenvalue weighted by Gasteiger charge is 2.48. The number of anilines is 1. The highest BCUT2D eigenvalue weighted by Crippen LogP contribution is 2.29. The Hall–Kier alpha value is -0.870. The van der Waals surface area contributed by atoms with Gasteiger partial charge in [-0.3, -0.25) is 4.79 Å². The number of hydrogen-bond donors (Lipinski definition) is 1. The average molecular weight is 399 g/mol. The molecular weight excluding hydrogens is 394 g/mol. The quantitative estimate of drug-likeness (QED) is 0.626. The van der Waals surface area contributed by atoms with Crippen LogP contribution in [0.3, 0.4) is 0 Å². The smallest absolute Gasteiger partial charge is 0.321 e. The van der Waals surface area contributed by atoms with E-state index in [9.17, 15) is 30.8 Å². The van der Waals surface area contributed by atoms with Gasteiger partial charge in [0.2, 0.25) is 0 Å². The number of nitrogens with one attached hydrogen (secondary N) is 1. The number of carbonyl (C=O) groups excluding carboxylic acids is 1. The van der Waals surface area contributed by atoms with Crippen LogP contribution in [0.5, 0.6) is 0 Å². The van der Waals surface area contributed by atoms with Crippen LogP contribution in [0.15, 0.2) is 27.6 Å². The molecule has 4 nitrogen and oxygen atoms in total. The zero-order valence-electron chi connectivity index (χ0n) is 9.21. The van der Waals surface area contributed by atoms with Gasteiger partial charge in [-0.2, -0.15) is 8.78 Å². The molecule has 0 aliphatic rings. The summed E-state index contributed by atoms with van der Waals surface area (Å²) < 4.78 is 71.3. The van der Waals surface area contributed by atoms with E-state index in [0.717, 1.165) is 18.2 Å². The van der Waals surface area contributed by atoms with Crippen molar-refractivity contribution in [2.75, 3.05) is 5.32 Å². The van der Waals surface area contributed by atoms with E-state index in [1.807, 2.05) is 0 Å². The SMILES string of the molecule is O=C(Nc1ccc(S(=O)(=O)Cl)c(Br)c1)C(F)(F)C(F)F. The molecule has 1 N–H and O–H groups in total. The molecule has 0 spiro atoms. The number of carbonyl (C=O) groups is 1. The number of alkyl halides is 4. The van der Waals surface area contributed by atoms with E-state index in [0.29, 0.717) is 0 Å². The van der Waals surface area contributed by atoms with Crippen LogP contribution >= 0.6 is 26.6 Å². The molecule has 1 amide bonds. The summed E-state index contributed by atoms with van der Waals surface area (Å²) in [7, 11) is 0.996. The molecule has 0 saturated carbocycles. The maximum absolute atomic E-state index is 12.7. The van der Waals surface area contributed by atoms with Gasteiger partial charge in [-0.05, 0) is 34.1 Å². The fourth-order valence-corrected chi connectivity index (χ4v) is 3.31. The minimum absolute atomic E-state index is 0.120. The molecule has 112 valence electrons. The Morgan fingerprint density at radius 3 is 2.30 bits per heavy atom. The summed E-state index contributed by atoms with van der Waals surface area (Å²) in [4.78, 5) is 10.6. The largest absolute Gasteiger partial charge is 0.383 e. The van der Waals surface area contributed by atoms with Gasteiger partial charge in [0.05, 0.1) is 4.90 Å². The normalized spacial score (nSPS) is 12.6. The van der Waals surface area contributed by atoms with Crippen molar-refractivity contribution in [1.82, 2.24) is 0 Å². The van der Waals surface area contributed by atoms with Crippen molar-refractivity contribution in [3.8, 4) is 0 Å². The maximum Gasteiger partial charge on any atom is 0.383 e. The van der Waals surface area contributed by atoms with Gasteiger partial charge in [-0.1, -0.05) is 0 Å². The summed E-state index contributed by atoms with van der Waals surface area (Å²) in [5.74, 6) is -7.06. The van der Waals surface area contributed by atoms with Crippen molar-refractivity contribution in [1.29, 1.82) is 0 Å². The van der Waals surface area contributed by atoms with Crippen LogP contribution < -0.4 is 5.32 Å². The Morgan fingerprint density at radius 2 is 1.90 bits per heavy atom. The first-order valence-electron chi connectivity index (χ1n) is 4.68. The summed E-state index contributed by atoms with van der Waals surface area (Å²) in [5.41, 5.74) is -0.300. The average Bonchev–Trinajstić information content (AvgIpc) is 2.26. The third kappa shape index (κ3) is 3.83. The molecule has 0 saturated heterocycles. The predicted octanol–water partition coefficient (Wildman–Crippen LogP) is 3.22. The third-order valence-electron chi connectivity index (χ3n) is 2.03. The van der Waals surface area contributed by atoms with Crippen molar-refractivity contribution in [3.63, 3.8) is 0 Å². The minimum atomic E-state index is -4.86. The van der Waals surface area contributed by atoms with Crippen molar-refractivity contribution in [2.24, 2.45) is 0 Å². The van der Waals surface area contributed by atoms with Gasteiger partial charge in [0.15, 0.2) is 0 Å². The molecule has 0 aromatic heterocycles. The highest BCUT2D eigenvalue weighted by atomic mass is 79.9. The lowest BCUT2D eigenvalue weighted by atomic mass is 10.3. The van der Waals surface area contributed by atoms with Crippen LogP contribution in [0, 0.1) is 0 Å². The van der Waals surface area contributed by atoms with E-state index in [-0.39, 0.29) is 15.1 Å². The van der Waals surface area contributed by atoms with Gasteiger partial charge >= 0.3 is 18.3 Å². The molecule has 1 rings (SSSR count). The molecule has 1 aromatic carbocycles. The molecule has 11 heteroatoms. The molecule has 0 aliphatic heterocycles. The number of halogens is 6. The number of amides is 1. The van der Waals surface area contributed by atoms with E-state index in [4.69, 9.17) is 10.7 Å². The fraction of sp³-hybridized carbons (Fsp3) is 0.222. The number of benzene rings is 1. The number of hydrogen-bond acceptors (Lipinski definition) is 3. The number of rotatable bonds is 4. The summed E-state index contributed by atoms with van der Waals surface area (Å²) in [6.45, 7) is 0. The maximum atomic E-state index is 12.7. The lowest BCUT2D eigenvalue weighted by Gasteiger charge is -2.15. The third-order valence-corrected chi connectivity index (χ3v) is 4.33. The first-order valence-corrected chi connectivity index (χ1v) is 7.78. The zero-order valence-corrected chi connectivity index (χ0v) is 12.4. The van der Waals surface area contributed by atoms with Crippen molar-refractivity contribution in [2.45, 2.75) is 17.2 Å². The van der Waals surface area contributed by atoms with Crippen LogP contribution in [-0.4, -0.2) is 26.7 Å². The summed E-state index contributed by atoms with van der Waals surface area (Å²) in [6.07, 6.45) is -4.16. The molecule has 0 bridgehead atoms. The summed E-state index contributed by atoms with van der Waals surface area (Å²) in [5, 5.41) is 1.55. The molecular formula is C9H5BrClF4NO3S. The first-order chi connectivity index (χ1) is 8.96. The lowest BCUT2D eigenvalue weighted by molar-refractivity contribution is -0.163. The van der Waals surface area contributed by atoms with Gasteiger partial charge in [0.1, 0.15) is 0 Å². The Balaban J connectivity index is 3.02. The molecule has 0 heterocycles. The van der Waals surface area contributed by atoms with Crippen LogP contribution in [0.2, 0.25) is 0 Å². The van der Waals surface area contributed by atoms with Crippen LogP contribution in [0.1, 0.15) is 0 Å². The van der Waals surface area contributed by atoms with Crippen LogP contribution in [0.25, 0.3) is 0 Å². The Labute approximate surface area is 123 Å². The molecule has 0 radical (unpaired) electrons. The van der Waals surface area contributed by atoms with Crippen LogP contribution in [-0.2, 0) is 13.8 Å². The fourth-order valence-electron chi connectivity index (χ4n) is 1.09. The minimum Gasteiger partial charge on any atom is -0.321 e. The zero-order chi connectivity index (χ0) is 15.7. The molecule has 20 heavy (non-hydrogen) atoms. The Kier molecular flexibility index (Phi) is 5.03. The summed E-state index contributed by atoms with van der Waals surface area (Å²) in [6, 6.07) is 2.79. The van der Waals surface area contributed by atoms with Gasteiger partial charge < -0.3 is 5.32 Å². The van der Waals surface area contributed by atoms with Crippen molar-refractivity contribution in [3.05, 3.63) is 22.7 Å². The standard InChI is InChI=1S/C9H5BrClF4NO3S/c10-5-3-4(1-2-6(5)20(11,18)19)16-8(17)9(14,15)7(12)13/h1-3,7H,(H,16,17). The topological polar surface area (TPSA) is 63.2 Å². The predicted molar refractivity (Wildman–Crippen MR) is 66.8 cm³/mol. The monoisotopic (exact) mass is 397 g/mol.